The third kappa shape index (κ3) is 8.76. The Labute approximate surface area is 117 Å². The van der Waals surface area contributed by atoms with Crippen LogP contribution in [-0.2, 0) is 9.53 Å². The van der Waals surface area contributed by atoms with Crippen molar-refractivity contribution in [3.8, 4) is 0 Å². The summed E-state index contributed by atoms with van der Waals surface area (Å²) in [5.74, 6) is 0.462. The van der Waals surface area contributed by atoms with E-state index in [0.29, 0.717) is 18.9 Å². The largest absolute Gasteiger partial charge is 0.466 e. The van der Waals surface area contributed by atoms with Crippen molar-refractivity contribution in [2.75, 3.05) is 19.0 Å². The molecule has 0 aliphatic rings. The summed E-state index contributed by atoms with van der Waals surface area (Å²) >= 11 is 5.74. The van der Waals surface area contributed by atoms with Gasteiger partial charge in [0, 0.05) is 24.4 Å². The molecule has 0 radical (unpaired) electrons. The molecule has 1 atom stereocenters. The minimum absolute atomic E-state index is 0.0695. The Kier molecular flexibility index (Phi) is 7.88. The van der Waals surface area contributed by atoms with Crippen LogP contribution in [0, 0.1) is 5.41 Å². The van der Waals surface area contributed by atoms with Gasteiger partial charge in [-0.2, -0.15) is 0 Å². The second-order valence-electron chi connectivity index (χ2n) is 6.22. The van der Waals surface area contributed by atoms with Crippen molar-refractivity contribution in [1.29, 1.82) is 0 Å². The maximum absolute atomic E-state index is 11.5. The minimum atomic E-state index is -0.120. The van der Waals surface area contributed by atoms with Crippen LogP contribution in [0.5, 0.6) is 0 Å². The van der Waals surface area contributed by atoms with E-state index < -0.39 is 0 Å². The summed E-state index contributed by atoms with van der Waals surface area (Å²) in [7, 11) is 0. The number of rotatable bonds is 8. The van der Waals surface area contributed by atoms with Crippen LogP contribution in [0.25, 0.3) is 0 Å². The molecule has 0 aromatic rings. The van der Waals surface area contributed by atoms with E-state index in [9.17, 15) is 4.79 Å². The standard InChI is InChI=1S/C14H28ClNO2/c1-6-18-12(17)7-8-14(5,16-10-9-15)11-13(2,3)4/h16H,6-11H2,1-5H3. The normalized spacial score (nSPS) is 15.2. The summed E-state index contributed by atoms with van der Waals surface area (Å²) in [6.07, 6.45) is 2.23. The molecule has 1 N–H and O–H groups in total. The molecule has 0 aliphatic carbocycles. The van der Waals surface area contributed by atoms with Crippen molar-refractivity contribution < 1.29 is 9.53 Å². The Morgan fingerprint density at radius 2 is 1.89 bits per heavy atom. The number of halogens is 1. The molecule has 0 aromatic carbocycles. The van der Waals surface area contributed by atoms with Crippen LogP contribution in [0.3, 0.4) is 0 Å². The monoisotopic (exact) mass is 277 g/mol. The average molecular weight is 278 g/mol. The van der Waals surface area contributed by atoms with E-state index >= 15 is 0 Å². The number of carbonyl (C=O) groups is 1. The van der Waals surface area contributed by atoms with E-state index in [1.165, 1.54) is 0 Å². The van der Waals surface area contributed by atoms with E-state index in [-0.39, 0.29) is 16.9 Å². The zero-order valence-corrected chi connectivity index (χ0v) is 13.2. The highest BCUT2D eigenvalue weighted by Crippen LogP contribution is 2.30. The highest BCUT2D eigenvalue weighted by Gasteiger charge is 2.29. The van der Waals surface area contributed by atoms with Gasteiger partial charge in [-0.3, -0.25) is 4.79 Å². The number of hydrogen-bond donors (Lipinski definition) is 1. The molecule has 108 valence electrons. The van der Waals surface area contributed by atoms with Gasteiger partial charge in [-0.1, -0.05) is 20.8 Å². The molecule has 0 fully saturated rings. The Hall–Kier alpha value is -0.280. The van der Waals surface area contributed by atoms with Gasteiger partial charge in [0.15, 0.2) is 0 Å². The minimum Gasteiger partial charge on any atom is -0.466 e. The van der Waals surface area contributed by atoms with Gasteiger partial charge in [0.1, 0.15) is 0 Å². The molecule has 0 amide bonds. The van der Waals surface area contributed by atoms with Crippen molar-refractivity contribution in [1.82, 2.24) is 5.32 Å². The number of hydrogen-bond acceptors (Lipinski definition) is 3. The fourth-order valence-electron chi connectivity index (χ4n) is 2.37. The quantitative estimate of drug-likeness (QED) is 0.546. The Balaban J connectivity index is 4.41. The second-order valence-corrected chi connectivity index (χ2v) is 6.60. The van der Waals surface area contributed by atoms with Gasteiger partial charge in [-0.15, -0.1) is 11.6 Å². The number of nitrogens with one attached hydrogen (secondary N) is 1. The van der Waals surface area contributed by atoms with Crippen molar-refractivity contribution in [2.45, 2.75) is 59.4 Å². The van der Waals surface area contributed by atoms with Gasteiger partial charge >= 0.3 is 5.97 Å². The van der Waals surface area contributed by atoms with E-state index in [1.807, 2.05) is 6.92 Å². The molecular weight excluding hydrogens is 250 g/mol. The molecule has 18 heavy (non-hydrogen) atoms. The summed E-state index contributed by atoms with van der Waals surface area (Å²) in [5, 5.41) is 3.46. The average Bonchev–Trinajstić information content (AvgIpc) is 2.22. The SMILES string of the molecule is CCOC(=O)CCC(C)(CC(C)(C)C)NCCCl. The highest BCUT2D eigenvalue weighted by molar-refractivity contribution is 6.18. The number of alkyl halides is 1. The first kappa shape index (κ1) is 17.7. The zero-order chi connectivity index (χ0) is 14.2. The summed E-state index contributed by atoms with van der Waals surface area (Å²) in [4.78, 5) is 11.5. The highest BCUT2D eigenvalue weighted by atomic mass is 35.5. The van der Waals surface area contributed by atoms with E-state index in [0.717, 1.165) is 19.4 Å². The van der Waals surface area contributed by atoms with Gasteiger partial charge in [-0.05, 0) is 32.1 Å². The van der Waals surface area contributed by atoms with Crippen LogP contribution in [0.15, 0.2) is 0 Å². The summed E-state index contributed by atoms with van der Waals surface area (Å²) in [6, 6.07) is 0. The van der Waals surface area contributed by atoms with Crippen LogP contribution in [-0.4, -0.2) is 30.5 Å². The second kappa shape index (κ2) is 8.00. The molecule has 0 heterocycles. The lowest BCUT2D eigenvalue weighted by atomic mass is 9.78. The van der Waals surface area contributed by atoms with Gasteiger partial charge < -0.3 is 10.1 Å². The predicted octanol–water partition coefficient (Wildman–Crippen LogP) is 3.35. The first-order valence-corrected chi connectivity index (χ1v) is 7.22. The van der Waals surface area contributed by atoms with E-state index in [4.69, 9.17) is 16.3 Å². The Morgan fingerprint density at radius 1 is 1.28 bits per heavy atom. The molecule has 0 aromatic heterocycles. The Morgan fingerprint density at radius 3 is 2.33 bits per heavy atom. The third-order valence-corrected chi connectivity index (χ3v) is 2.94. The van der Waals surface area contributed by atoms with Gasteiger partial charge in [0.25, 0.3) is 0 Å². The van der Waals surface area contributed by atoms with Crippen LogP contribution >= 0.6 is 11.6 Å². The number of carbonyl (C=O) groups excluding carboxylic acids is 1. The van der Waals surface area contributed by atoms with Crippen LogP contribution in [0.4, 0.5) is 0 Å². The van der Waals surface area contributed by atoms with Crippen LogP contribution < -0.4 is 5.32 Å². The molecule has 0 bridgehead atoms. The summed E-state index contributed by atoms with van der Waals surface area (Å²) < 4.78 is 4.98. The third-order valence-electron chi connectivity index (χ3n) is 2.75. The van der Waals surface area contributed by atoms with E-state index in [2.05, 4.69) is 33.0 Å². The molecule has 0 saturated carbocycles. The number of ether oxygens (including phenoxy) is 1. The fraction of sp³-hybridized carbons (Fsp3) is 0.929. The fourth-order valence-corrected chi connectivity index (χ4v) is 2.46. The van der Waals surface area contributed by atoms with Crippen molar-refractivity contribution in [2.24, 2.45) is 5.41 Å². The molecule has 0 spiro atoms. The Bertz CT molecular complexity index is 251. The van der Waals surface area contributed by atoms with Gasteiger partial charge in [-0.25, -0.2) is 0 Å². The van der Waals surface area contributed by atoms with Crippen molar-refractivity contribution in [3.05, 3.63) is 0 Å². The van der Waals surface area contributed by atoms with E-state index in [1.54, 1.807) is 0 Å². The first-order valence-electron chi connectivity index (χ1n) is 6.69. The lowest BCUT2D eigenvalue weighted by molar-refractivity contribution is -0.143. The maximum Gasteiger partial charge on any atom is 0.305 e. The van der Waals surface area contributed by atoms with Crippen LogP contribution in [0.2, 0.25) is 0 Å². The molecule has 3 nitrogen and oxygen atoms in total. The van der Waals surface area contributed by atoms with Crippen molar-refractivity contribution >= 4 is 17.6 Å². The van der Waals surface area contributed by atoms with Crippen LogP contribution in [0.1, 0.15) is 53.9 Å². The summed E-state index contributed by atoms with van der Waals surface area (Å²) in [5.41, 5.74) is 0.141. The molecular formula is C14H28ClNO2. The molecule has 4 heteroatoms. The maximum atomic E-state index is 11.5. The smallest absolute Gasteiger partial charge is 0.305 e. The topological polar surface area (TPSA) is 38.3 Å². The predicted molar refractivity (Wildman–Crippen MR) is 77.1 cm³/mol. The molecule has 0 aliphatic heterocycles. The lowest BCUT2D eigenvalue weighted by Crippen LogP contribution is -2.46. The number of esters is 1. The first-order chi connectivity index (χ1) is 8.22. The molecule has 0 saturated heterocycles. The van der Waals surface area contributed by atoms with Gasteiger partial charge in [0.2, 0.25) is 0 Å². The van der Waals surface area contributed by atoms with Gasteiger partial charge in [0.05, 0.1) is 6.61 Å². The zero-order valence-electron chi connectivity index (χ0n) is 12.4. The molecule has 0 rings (SSSR count). The van der Waals surface area contributed by atoms with Crippen molar-refractivity contribution in [3.63, 3.8) is 0 Å². The molecule has 1 unspecified atom stereocenters. The summed E-state index contributed by atoms with van der Waals surface area (Å²) in [6.45, 7) is 11.8. The lowest BCUT2D eigenvalue weighted by Gasteiger charge is -2.36.